The first-order valence-corrected chi connectivity index (χ1v) is 7.51. The largest absolute Gasteiger partial charge is 0.376 e. The Bertz CT molecular complexity index is 292. The maximum absolute atomic E-state index is 6.24. The van der Waals surface area contributed by atoms with Crippen molar-refractivity contribution >= 4 is 0 Å². The van der Waals surface area contributed by atoms with Gasteiger partial charge in [0.1, 0.15) is 17.8 Å². The minimum absolute atomic E-state index is 0.0243. The molecule has 0 radical (unpaired) electrons. The summed E-state index contributed by atoms with van der Waals surface area (Å²) in [6.45, 7) is 11.7. The molecular weight excluding hydrogens is 244 g/mol. The molecule has 4 nitrogen and oxygen atoms in total. The third kappa shape index (κ3) is 3.30. The summed E-state index contributed by atoms with van der Waals surface area (Å²) < 4.78 is 24.2. The van der Waals surface area contributed by atoms with E-state index in [2.05, 4.69) is 34.6 Å². The van der Waals surface area contributed by atoms with Crippen molar-refractivity contribution in [2.75, 3.05) is 13.2 Å². The second kappa shape index (κ2) is 6.08. The molecule has 2 saturated heterocycles. The summed E-state index contributed by atoms with van der Waals surface area (Å²) in [6, 6.07) is 0. The van der Waals surface area contributed by atoms with E-state index in [4.69, 9.17) is 18.9 Å². The molecule has 0 aromatic heterocycles. The quantitative estimate of drug-likeness (QED) is 0.770. The summed E-state index contributed by atoms with van der Waals surface area (Å²) in [6.07, 6.45) is 2.39. The fourth-order valence-corrected chi connectivity index (χ4v) is 3.06. The molecule has 19 heavy (non-hydrogen) atoms. The Labute approximate surface area is 116 Å². The van der Waals surface area contributed by atoms with Gasteiger partial charge in [0, 0.05) is 6.61 Å². The van der Waals surface area contributed by atoms with Gasteiger partial charge in [0.05, 0.1) is 24.9 Å². The predicted octanol–water partition coefficient (Wildman–Crippen LogP) is 2.54. The lowest BCUT2D eigenvalue weighted by Gasteiger charge is -2.35. The number of hydrogen-bond donors (Lipinski definition) is 0. The molecular formula is C15H28O4. The number of ether oxygens (including phenoxy) is 4. The standard InChI is InChI=1S/C15H28O4/c1-10(2)17-9-15-7-6-8-16-13(12(5)19-15)14(15)18-11(3)4/h10-14H,6-9H2,1-5H3/t12-,13?,14+,15+/m0/s1. The van der Waals surface area contributed by atoms with Crippen molar-refractivity contribution < 1.29 is 18.9 Å². The lowest BCUT2D eigenvalue weighted by atomic mass is 9.91. The van der Waals surface area contributed by atoms with Crippen LogP contribution in [0.5, 0.6) is 0 Å². The van der Waals surface area contributed by atoms with E-state index >= 15 is 0 Å². The minimum Gasteiger partial charge on any atom is -0.376 e. The SMILES string of the molecule is CC(C)OC[C@@]12CCCOC([C@H](C)O1)[C@H]2OC(C)C. The zero-order valence-corrected chi connectivity index (χ0v) is 12.8. The highest BCUT2D eigenvalue weighted by atomic mass is 16.6. The lowest BCUT2D eigenvalue weighted by Crippen LogP contribution is -2.49. The topological polar surface area (TPSA) is 36.9 Å². The van der Waals surface area contributed by atoms with Crippen molar-refractivity contribution in [1.29, 1.82) is 0 Å². The fraction of sp³-hybridized carbons (Fsp3) is 1.00. The highest BCUT2D eigenvalue weighted by Crippen LogP contribution is 2.41. The molecule has 0 amide bonds. The molecule has 1 unspecified atom stereocenters. The number of rotatable bonds is 5. The Hall–Kier alpha value is -0.160. The molecule has 2 fully saturated rings. The van der Waals surface area contributed by atoms with Gasteiger partial charge in [-0.05, 0) is 47.5 Å². The molecule has 2 aliphatic heterocycles. The summed E-state index contributed by atoms with van der Waals surface area (Å²) in [5, 5.41) is 0. The summed E-state index contributed by atoms with van der Waals surface area (Å²) in [7, 11) is 0. The Morgan fingerprint density at radius 3 is 2.58 bits per heavy atom. The molecule has 0 N–H and O–H groups in total. The summed E-state index contributed by atoms with van der Waals surface area (Å²) in [5.41, 5.74) is -0.338. The molecule has 2 heterocycles. The molecule has 2 aliphatic rings. The van der Waals surface area contributed by atoms with Crippen LogP contribution < -0.4 is 0 Å². The normalized spacial score (nSPS) is 39.0. The van der Waals surface area contributed by atoms with Crippen molar-refractivity contribution in [3.05, 3.63) is 0 Å². The highest BCUT2D eigenvalue weighted by molar-refractivity contribution is 5.04. The zero-order chi connectivity index (χ0) is 14.0. The van der Waals surface area contributed by atoms with Crippen molar-refractivity contribution in [1.82, 2.24) is 0 Å². The maximum atomic E-state index is 6.24. The zero-order valence-electron chi connectivity index (χ0n) is 12.8. The monoisotopic (exact) mass is 272 g/mol. The molecule has 4 atom stereocenters. The number of hydrogen-bond acceptors (Lipinski definition) is 4. The van der Waals surface area contributed by atoms with E-state index in [9.17, 15) is 0 Å². The van der Waals surface area contributed by atoms with Gasteiger partial charge >= 0.3 is 0 Å². The Balaban J connectivity index is 2.18. The molecule has 0 spiro atoms. The van der Waals surface area contributed by atoms with Crippen LogP contribution in [-0.4, -0.2) is 49.3 Å². The van der Waals surface area contributed by atoms with E-state index in [1.165, 1.54) is 0 Å². The smallest absolute Gasteiger partial charge is 0.121 e. The van der Waals surface area contributed by atoms with Crippen LogP contribution in [0.2, 0.25) is 0 Å². The summed E-state index contributed by atoms with van der Waals surface area (Å²) in [4.78, 5) is 0. The van der Waals surface area contributed by atoms with Gasteiger partial charge in [0.15, 0.2) is 0 Å². The molecule has 0 aromatic rings. The van der Waals surface area contributed by atoms with E-state index in [1.807, 2.05) is 0 Å². The van der Waals surface area contributed by atoms with Gasteiger partial charge in [0.25, 0.3) is 0 Å². The van der Waals surface area contributed by atoms with Gasteiger partial charge in [-0.2, -0.15) is 0 Å². The third-order valence-corrected chi connectivity index (χ3v) is 3.83. The average Bonchev–Trinajstić information content (AvgIpc) is 2.44. The van der Waals surface area contributed by atoms with E-state index in [0.29, 0.717) is 6.61 Å². The van der Waals surface area contributed by atoms with Crippen molar-refractivity contribution in [2.24, 2.45) is 0 Å². The van der Waals surface area contributed by atoms with Crippen LogP contribution in [0.4, 0.5) is 0 Å². The van der Waals surface area contributed by atoms with Crippen molar-refractivity contribution in [3.63, 3.8) is 0 Å². The molecule has 2 bridgehead atoms. The van der Waals surface area contributed by atoms with Crippen LogP contribution in [0.3, 0.4) is 0 Å². The Morgan fingerprint density at radius 2 is 1.95 bits per heavy atom. The van der Waals surface area contributed by atoms with Crippen LogP contribution in [0.1, 0.15) is 47.5 Å². The van der Waals surface area contributed by atoms with Gasteiger partial charge in [-0.1, -0.05) is 0 Å². The first-order chi connectivity index (χ1) is 8.94. The first-order valence-electron chi connectivity index (χ1n) is 7.51. The Morgan fingerprint density at radius 1 is 1.21 bits per heavy atom. The highest BCUT2D eigenvalue weighted by Gasteiger charge is 2.56. The van der Waals surface area contributed by atoms with E-state index < -0.39 is 0 Å². The molecule has 4 heteroatoms. The molecule has 0 saturated carbocycles. The van der Waals surface area contributed by atoms with Gasteiger partial charge in [0.2, 0.25) is 0 Å². The molecule has 112 valence electrons. The second-order valence-corrected chi connectivity index (χ2v) is 6.29. The maximum Gasteiger partial charge on any atom is 0.121 e. The fourth-order valence-electron chi connectivity index (χ4n) is 3.06. The van der Waals surface area contributed by atoms with Crippen LogP contribution in [-0.2, 0) is 18.9 Å². The van der Waals surface area contributed by atoms with Crippen LogP contribution >= 0.6 is 0 Å². The van der Waals surface area contributed by atoms with Crippen LogP contribution in [0.15, 0.2) is 0 Å². The predicted molar refractivity (Wildman–Crippen MR) is 73.3 cm³/mol. The van der Waals surface area contributed by atoms with Crippen LogP contribution in [0, 0.1) is 0 Å². The minimum atomic E-state index is -0.338. The van der Waals surface area contributed by atoms with Crippen molar-refractivity contribution in [2.45, 2.75) is 83.6 Å². The lowest BCUT2D eigenvalue weighted by molar-refractivity contribution is -0.157. The summed E-state index contributed by atoms with van der Waals surface area (Å²) >= 11 is 0. The Kier molecular flexibility index (Phi) is 4.88. The van der Waals surface area contributed by atoms with Gasteiger partial charge in [-0.3, -0.25) is 0 Å². The van der Waals surface area contributed by atoms with Crippen LogP contribution in [0.25, 0.3) is 0 Å². The third-order valence-electron chi connectivity index (χ3n) is 3.83. The van der Waals surface area contributed by atoms with E-state index in [0.717, 1.165) is 19.4 Å². The molecule has 0 aromatic carbocycles. The molecule has 2 rings (SSSR count). The first kappa shape index (κ1) is 15.2. The second-order valence-electron chi connectivity index (χ2n) is 6.29. The van der Waals surface area contributed by atoms with Gasteiger partial charge in [-0.25, -0.2) is 0 Å². The number of fused-ring (bicyclic) bond motifs is 2. The van der Waals surface area contributed by atoms with Crippen molar-refractivity contribution in [3.8, 4) is 0 Å². The van der Waals surface area contributed by atoms with Gasteiger partial charge < -0.3 is 18.9 Å². The van der Waals surface area contributed by atoms with Gasteiger partial charge in [-0.15, -0.1) is 0 Å². The average molecular weight is 272 g/mol. The van der Waals surface area contributed by atoms with E-state index in [-0.39, 0.29) is 36.1 Å². The van der Waals surface area contributed by atoms with E-state index in [1.54, 1.807) is 0 Å². The molecule has 0 aliphatic carbocycles. The summed E-state index contributed by atoms with van der Waals surface area (Å²) in [5.74, 6) is 0.